The molecule has 1 aromatic carbocycles. The van der Waals surface area contributed by atoms with Crippen LogP contribution in [0.5, 0.6) is 5.88 Å². The van der Waals surface area contributed by atoms with Crippen molar-refractivity contribution in [3.63, 3.8) is 0 Å². The molecule has 168 valence electrons. The fourth-order valence-corrected chi connectivity index (χ4v) is 4.54. The molecule has 10 heteroatoms. The average molecular weight is 441 g/mol. The lowest BCUT2D eigenvalue weighted by Crippen LogP contribution is -2.60. The zero-order valence-electron chi connectivity index (χ0n) is 17.9. The number of benzene rings is 1. The molecule has 3 heterocycles. The van der Waals surface area contributed by atoms with Crippen LogP contribution in [0.15, 0.2) is 29.1 Å². The number of nitrogens with zero attached hydrogens (tertiary/aromatic N) is 5. The Hall–Kier alpha value is -3.45. The van der Waals surface area contributed by atoms with Crippen LogP contribution in [-0.2, 0) is 17.1 Å². The molecule has 0 bridgehead atoms. The molecule has 9 nitrogen and oxygen atoms in total. The SMILES string of the molecule is CCCC1(O)C2CN(C(C)=O)CCN2c2cc(OCc3ccc(F)c(C#N)c3)nc(=O)n21. The van der Waals surface area contributed by atoms with E-state index in [9.17, 15) is 19.1 Å². The smallest absolute Gasteiger partial charge is 0.354 e. The van der Waals surface area contributed by atoms with Gasteiger partial charge in [0.25, 0.3) is 0 Å². The first-order chi connectivity index (χ1) is 15.3. The maximum absolute atomic E-state index is 13.5. The second kappa shape index (κ2) is 8.24. The lowest BCUT2D eigenvalue weighted by atomic mass is 9.96. The molecule has 0 aliphatic carbocycles. The monoisotopic (exact) mass is 441 g/mol. The van der Waals surface area contributed by atoms with Gasteiger partial charge in [-0.1, -0.05) is 19.4 Å². The van der Waals surface area contributed by atoms with Gasteiger partial charge in [-0.15, -0.1) is 0 Å². The number of carbonyl (C=O) groups excluding carboxylic acids is 1. The van der Waals surface area contributed by atoms with Crippen LogP contribution in [0.4, 0.5) is 10.2 Å². The van der Waals surface area contributed by atoms with E-state index >= 15 is 0 Å². The van der Waals surface area contributed by atoms with Gasteiger partial charge in [0.05, 0.1) is 11.6 Å². The first-order valence-electron chi connectivity index (χ1n) is 10.5. The van der Waals surface area contributed by atoms with Crippen molar-refractivity contribution in [2.45, 2.75) is 45.1 Å². The highest BCUT2D eigenvalue weighted by molar-refractivity contribution is 5.74. The maximum atomic E-state index is 13.5. The standard InChI is InChI=1S/C22H24FN5O4/c1-3-6-22(31)18-12-26(14(2)29)7-8-27(18)20-10-19(25-21(30)28(20)22)32-13-15-4-5-17(23)16(9-15)11-24/h4-5,9-10,18,31H,3,6-8,12-13H2,1-2H3. The van der Waals surface area contributed by atoms with Gasteiger partial charge in [0.1, 0.15) is 24.3 Å². The maximum Gasteiger partial charge on any atom is 0.354 e. The Morgan fingerprint density at radius 3 is 2.88 bits per heavy atom. The summed E-state index contributed by atoms with van der Waals surface area (Å²) < 4.78 is 20.5. The number of rotatable bonds is 5. The van der Waals surface area contributed by atoms with E-state index < -0.39 is 23.3 Å². The molecule has 1 fully saturated rings. The predicted molar refractivity (Wildman–Crippen MR) is 112 cm³/mol. The van der Waals surface area contributed by atoms with E-state index in [0.29, 0.717) is 43.9 Å². The van der Waals surface area contributed by atoms with Crippen molar-refractivity contribution < 1.29 is 19.0 Å². The first kappa shape index (κ1) is 21.8. The number of fused-ring (bicyclic) bond motifs is 3. The molecule has 2 aliphatic heterocycles. The minimum Gasteiger partial charge on any atom is -0.473 e. The molecule has 0 spiro atoms. The van der Waals surface area contributed by atoms with E-state index in [1.54, 1.807) is 17.0 Å². The van der Waals surface area contributed by atoms with Crippen LogP contribution >= 0.6 is 0 Å². The van der Waals surface area contributed by atoms with E-state index in [0.717, 1.165) is 0 Å². The Labute approximate surface area is 184 Å². The van der Waals surface area contributed by atoms with Gasteiger partial charge < -0.3 is 19.6 Å². The number of amides is 1. The summed E-state index contributed by atoms with van der Waals surface area (Å²) in [5.41, 5.74) is -1.67. The Morgan fingerprint density at radius 1 is 1.41 bits per heavy atom. The molecule has 0 radical (unpaired) electrons. The third-order valence-corrected chi connectivity index (χ3v) is 6.08. The van der Waals surface area contributed by atoms with Crippen molar-refractivity contribution in [2.75, 3.05) is 24.5 Å². The van der Waals surface area contributed by atoms with Gasteiger partial charge in [0.15, 0.2) is 5.72 Å². The average Bonchev–Trinajstić information content (AvgIpc) is 3.01. The first-order valence-corrected chi connectivity index (χ1v) is 10.5. The summed E-state index contributed by atoms with van der Waals surface area (Å²) >= 11 is 0. The number of aromatic nitrogens is 2. The summed E-state index contributed by atoms with van der Waals surface area (Å²) in [6.07, 6.45) is 0.970. The number of carbonyl (C=O) groups is 1. The minimum absolute atomic E-state index is 0.00831. The number of ether oxygens (including phenoxy) is 1. The van der Waals surface area contributed by atoms with Crippen LogP contribution < -0.4 is 15.3 Å². The van der Waals surface area contributed by atoms with E-state index in [4.69, 9.17) is 10.00 Å². The molecule has 32 heavy (non-hydrogen) atoms. The van der Waals surface area contributed by atoms with Crippen molar-refractivity contribution in [2.24, 2.45) is 0 Å². The number of halogens is 1. The van der Waals surface area contributed by atoms with E-state index in [1.807, 2.05) is 11.8 Å². The van der Waals surface area contributed by atoms with Crippen LogP contribution in [0, 0.1) is 17.1 Å². The molecule has 2 unspecified atom stereocenters. The van der Waals surface area contributed by atoms with Crippen LogP contribution in [-0.4, -0.2) is 51.1 Å². The van der Waals surface area contributed by atoms with E-state index in [-0.39, 0.29) is 24.0 Å². The Balaban J connectivity index is 1.65. The summed E-state index contributed by atoms with van der Waals surface area (Å²) in [6.45, 7) is 4.64. The van der Waals surface area contributed by atoms with E-state index in [2.05, 4.69) is 4.98 Å². The molecule has 4 rings (SSSR count). The summed E-state index contributed by atoms with van der Waals surface area (Å²) in [7, 11) is 0. The second-order valence-electron chi connectivity index (χ2n) is 8.09. The van der Waals surface area contributed by atoms with Crippen LogP contribution in [0.1, 0.15) is 37.8 Å². The largest absolute Gasteiger partial charge is 0.473 e. The van der Waals surface area contributed by atoms with Crippen molar-refractivity contribution in [1.82, 2.24) is 14.5 Å². The lowest BCUT2D eigenvalue weighted by molar-refractivity contribution is -0.132. The Morgan fingerprint density at radius 2 is 2.19 bits per heavy atom. The highest BCUT2D eigenvalue weighted by atomic mass is 19.1. The number of hydrogen-bond donors (Lipinski definition) is 1. The fraction of sp³-hybridized carbons (Fsp3) is 0.455. The topological polar surface area (TPSA) is 112 Å². The molecular formula is C22H24FN5O4. The number of aliphatic hydroxyl groups is 1. The van der Waals surface area contributed by atoms with Gasteiger partial charge in [0, 0.05) is 32.6 Å². The summed E-state index contributed by atoms with van der Waals surface area (Å²) in [6, 6.07) is 6.97. The molecule has 2 atom stereocenters. The molecular weight excluding hydrogens is 417 g/mol. The molecule has 2 aromatic rings. The summed E-state index contributed by atoms with van der Waals surface area (Å²) in [4.78, 5) is 32.5. The molecule has 1 saturated heterocycles. The molecule has 1 amide bonds. The highest BCUT2D eigenvalue weighted by Crippen LogP contribution is 2.41. The Bertz CT molecular complexity index is 1160. The highest BCUT2D eigenvalue weighted by Gasteiger charge is 2.52. The van der Waals surface area contributed by atoms with Gasteiger partial charge in [-0.3, -0.25) is 4.79 Å². The minimum atomic E-state index is -1.49. The molecule has 2 aliphatic rings. The number of hydrogen-bond acceptors (Lipinski definition) is 7. The van der Waals surface area contributed by atoms with Gasteiger partial charge in [-0.05, 0) is 24.1 Å². The van der Waals surface area contributed by atoms with Gasteiger partial charge in [-0.25, -0.2) is 13.8 Å². The third kappa shape index (κ3) is 3.58. The lowest BCUT2D eigenvalue weighted by Gasteiger charge is -2.42. The fourth-order valence-electron chi connectivity index (χ4n) is 4.54. The number of piperazine rings is 1. The Kier molecular flexibility index (Phi) is 5.60. The third-order valence-electron chi connectivity index (χ3n) is 6.08. The number of nitriles is 1. The van der Waals surface area contributed by atoms with Crippen molar-refractivity contribution in [1.29, 1.82) is 5.26 Å². The molecule has 0 saturated carbocycles. The molecule has 1 N–H and O–H groups in total. The second-order valence-corrected chi connectivity index (χ2v) is 8.09. The number of anilines is 1. The van der Waals surface area contributed by atoms with Gasteiger partial charge in [0.2, 0.25) is 11.8 Å². The zero-order chi connectivity index (χ0) is 23.0. The van der Waals surface area contributed by atoms with Crippen LogP contribution in [0.3, 0.4) is 0 Å². The summed E-state index contributed by atoms with van der Waals surface area (Å²) in [5.74, 6) is -0.139. The van der Waals surface area contributed by atoms with Crippen LogP contribution in [0.2, 0.25) is 0 Å². The van der Waals surface area contributed by atoms with E-state index in [1.165, 1.54) is 29.7 Å². The van der Waals surface area contributed by atoms with Crippen molar-refractivity contribution in [3.05, 3.63) is 51.7 Å². The molecule has 1 aromatic heterocycles. The van der Waals surface area contributed by atoms with Gasteiger partial charge >= 0.3 is 5.69 Å². The van der Waals surface area contributed by atoms with Crippen molar-refractivity contribution in [3.8, 4) is 11.9 Å². The van der Waals surface area contributed by atoms with Crippen molar-refractivity contribution >= 4 is 11.7 Å². The van der Waals surface area contributed by atoms with Crippen LogP contribution in [0.25, 0.3) is 0 Å². The quantitative estimate of drug-likeness (QED) is 0.745. The predicted octanol–water partition coefficient (Wildman–Crippen LogP) is 1.33. The van der Waals surface area contributed by atoms with Gasteiger partial charge in [-0.2, -0.15) is 10.2 Å². The normalized spacial score (nSPS) is 21.7. The summed E-state index contributed by atoms with van der Waals surface area (Å²) in [5, 5.41) is 20.5. The zero-order valence-corrected chi connectivity index (χ0v) is 17.9.